The summed E-state index contributed by atoms with van der Waals surface area (Å²) in [4.78, 5) is 0. The largest absolute Gasteiger partial charge is 0.403 e. The highest BCUT2D eigenvalue weighted by Crippen LogP contribution is 2.34. The number of aromatic nitrogens is 2. The number of rotatable bonds is 3. The number of nitrogens with two attached hydrogens (primary N) is 1. The normalized spacial score (nSPS) is 10.8. The number of nitrogens with one attached hydrogen (secondary N) is 1. The number of hydrogen-bond acceptors (Lipinski definition) is 5. The summed E-state index contributed by atoms with van der Waals surface area (Å²) in [5.74, 6) is -3.09. The second-order valence-electron chi connectivity index (χ2n) is 4.48. The third-order valence-electron chi connectivity index (χ3n) is 2.96. The lowest BCUT2D eigenvalue weighted by Gasteiger charge is -2.12. The monoisotopic (exact) mass is 384 g/mol. The van der Waals surface area contributed by atoms with Gasteiger partial charge in [-0.2, -0.15) is 0 Å². The van der Waals surface area contributed by atoms with Crippen molar-refractivity contribution in [1.29, 1.82) is 0 Å². The van der Waals surface area contributed by atoms with Crippen LogP contribution in [0.2, 0.25) is 0 Å². The van der Waals surface area contributed by atoms with Gasteiger partial charge >= 0.3 is 6.01 Å². The van der Waals surface area contributed by atoms with E-state index in [1.807, 2.05) is 0 Å². The predicted molar refractivity (Wildman–Crippen MR) is 81.4 cm³/mol. The maximum atomic E-state index is 14.2. The van der Waals surface area contributed by atoms with Crippen LogP contribution in [0, 0.1) is 17.5 Å². The zero-order valence-corrected chi connectivity index (χ0v) is 12.9. The van der Waals surface area contributed by atoms with E-state index >= 15 is 0 Å². The average molecular weight is 385 g/mol. The first-order valence-electron chi connectivity index (χ1n) is 6.25. The van der Waals surface area contributed by atoms with E-state index in [-0.39, 0.29) is 28.8 Å². The molecule has 0 aliphatic rings. The van der Waals surface area contributed by atoms with Gasteiger partial charge in [0.2, 0.25) is 0 Å². The molecule has 0 atom stereocenters. The third kappa shape index (κ3) is 3.00. The smallest absolute Gasteiger partial charge is 0.313 e. The average Bonchev–Trinajstić information content (AvgIpc) is 2.93. The number of anilines is 3. The molecule has 0 fully saturated rings. The molecule has 0 unspecified atom stereocenters. The molecule has 9 heteroatoms. The summed E-state index contributed by atoms with van der Waals surface area (Å²) in [5.41, 5.74) is 5.00. The third-order valence-corrected chi connectivity index (χ3v) is 3.45. The van der Waals surface area contributed by atoms with Gasteiger partial charge < -0.3 is 15.5 Å². The molecule has 5 nitrogen and oxygen atoms in total. The Bertz CT molecular complexity index is 884. The van der Waals surface area contributed by atoms with Crippen molar-refractivity contribution >= 4 is 33.3 Å². The molecule has 3 N–H and O–H groups in total. The molecule has 0 spiro atoms. The van der Waals surface area contributed by atoms with Crippen molar-refractivity contribution in [2.75, 3.05) is 11.1 Å². The highest BCUT2D eigenvalue weighted by atomic mass is 79.9. The van der Waals surface area contributed by atoms with E-state index in [4.69, 9.17) is 10.2 Å². The lowest BCUT2D eigenvalue weighted by atomic mass is 10.1. The van der Waals surface area contributed by atoms with Crippen LogP contribution in [0.1, 0.15) is 0 Å². The zero-order valence-electron chi connectivity index (χ0n) is 11.3. The van der Waals surface area contributed by atoms with Gasteiger partial charge in [0.05, 0.1) is 16.9 Å². The van der Waals surface area contributed by atoms with Gasteiger partial charge in [-0.15, -0.1) is 5.10 Å². The number of nitrogens with zero attached hydrogens (tertiary/aromatic N) is 2. The fourth-order valence-corrected chi connectivity index (χ4v) is 2.25. The molecule has 0 aliphatic heterocycles. The minimum absolute atomic E-state index is 0.0496. The molecule has 3 rings (SSSR count). The molecule has 118 valence electrons. The van der Waals surface area contributed by atoms with Crippen molar-refractivity contribution in [3.05, 3.63) is 52.3 Å². The highest BCUT2D eigenvalue weighted by Gasteiger charge is 2.20. The van der Waals surface area contributed by atoms with Gasteiger partial charge in [0.1, 0.15) is 5.82 Å². The Morgan fingerprint density at radius 3 is 2.48 bits per heavy atom. The van der Waals surface area contributed by atoms with Crippen LogP contribution in [0.4, 0.5) is 30.6 Å². The van der Waals surface area contributed by atoms with Crippen molar-refractivity contribution in [2.45, 2.75) is 0 Å². The van der Waals surface area contributed by atoms with Crippen LogP contribution >= 0.6 is 15.9 Å². The van der Waals surface area contributed by atoms with Crippen molar-refractivity contribution in [3.8, 4) is 11.5 Å². The van der Waals surface area contributed by atoms with Gasteiger partial charge in [0, 0.05) is 4.47 Å². The van der Waals surface area contributed by atoms with Crippen LogP contribution in [-0.4, -0.2) is 10.2 Å². The molecule has 0 amide bonds. The van der Waals surface area contributed by atoms with Crippen molar-refractivity contribution in [3.63, 3.8) is 0 Å². The molecule has 0 aliphatic carbocycles. The van der Waals surface area contributed by atoms with Crippen LogP contribution in [0.25, 0.3) is 11.5 Å². The SMILES string of the molecule is Nc1nnc(-c2ccc(F)c(F)c2Nc2ccc(Br)cc2F)o1. The van der Waals surface area contributed by atoms with E-state index in [1.54, 1.807) is 6.07 Å². The molecule has 0 radical (unpaired) electrons. The van der Waals surface area contributed by atoms with Crippen LogP contribution in [-0.2, 0) is 0 Å². The Balaban J connectivity index is 2.11. The summed E-state index contributed by atoms with van der Waals surface area (Å²) in [5, 5.41) is 9.59. The quantitative estimate of drug-likeness (QED) is 0.705. The van der Waals surface area contributed by atoms with Gasteiger partial charge in [-0.3, -0.25) is 0 Å². The summed E-state index contributed by atoms with van der Waals surface area (Å²) < 4.78 is 47.1. The minimum atomic E-state index is -1.21. The van der Waals surface area contributed by atoms with Gasteiger partial charge in [-0.05, 0) is 30.3 Å². The molecule has 0 saturated heterocycles. The van der Waals surface area contributed by atoms with Gasteiger partial charge in [0.15, 0.2) is 11.6 Å². The first-order chi connectivity index (χ1) is 11.0. The number of benzene rings is 2. The standard InChI is InChI=1S/C14H8BrF3N4O/c15-6-1-4-10(9(17)5-6)20-12-7(2-3-8(16)11(12)18)13-21-22-14(19)23-13/h1-5,20H,(H2,19,22). The van der Waals surface area contributed by atoms with E-state index in [9.17, 15) is 13.2 Å². The van der Waals surface area contributed by atoms with Crippen LogP contribution < -0.4 is 11.1 Å². The number of nitrogen functional groups attached to an aromatic ring is 1. The molecule has 23 heavy (non-hydrogen) atoms. The fraction of sp³-hybridized carbons (Fsp3) is 0. The second kappa shape index (κ2) is 5.92. The van der Waals surface area contributed by atoms with Gasteiger partial charge in [-0.25, -0.2) is 13.2 Å². The second-order valence-corrected chi connectivity index (χ2v) is 5.39. The van der Waals surface area contributed by atoms with Crippen molar-refractivity contribution < 1.29 is 17.6 Å². The van der Waals surface area contributed by atoms with Crippen LogP contribution in [0.15, 0.2) is 39.2 Å². The predicted octanol–water partition coefficient (Wildman–Crippen LogP) is 4.24. The minimum Gasteiger partial charge on any atom is -0.403 e. The van der Waals surface area contributed by atoms with Crippen LogP contribution in [0.5, 0.6) is 0 Å². The zero-order chi connectivity index (χ0) is 16.6. The van der Waals surface area contributed by atoms with Gasteiger partial charge in [-0.1, -0.05) is 21.0 Å². The van der Waals surface area contributed by atoms with E-state index in [0.29, 0.717) is 4.47 Å². The Morgan fingerprint density at radius 2 is 1.83 bits per heavy atom. The van der Waals surface area contributed by atoms with E-state index in [0.717, 1.165) is 6.07 Å². The summed E-state index contributed by atoms with van der Waals surface area (Å²) in [6.45, 7) is 0. The van der Waals surface area contributed by atoms with E-state index < -0.39 is 17.5 Å². The molecule has 1 heterocycles. The highest BCUT2D eigenvalue weighted by molar-refractivity contribution is 9.10. The topological polar surface area (TPSA) is 77.0 Å². The summed E-state index contributed by atoms with van der Waals surface area (Å²) in [7, 11) is 0. The summed E-state index contributed by atoms with van der Waals surface area (Å²) in [6, 6.07) is 6.00. The summed E-state index contributed by atoms with van der Waals surface area (Å²) in [6.07, 6.45) is 0. The Morgan fingerprint density at radius 1 is 1.04 bits per heavy atom. The fourth-order valence-electron chi connectivity index (χ4n) is 1.92. The molecule has 2 aromatic carbocycles. The molecule has 0 saturated carbocycles. The van der Waals surface area contributed by atoms with E-state index in [2.05, 4.69) is 31.4 Å². The molecule has 3 aromatic rings. The Kier molecular flexibility index (Phi) is 3.95. The summed E-state index contributed by atoms with van der Waals surface area (Å²) >= 11 is 3.11. The molecular weight excluding hydrogens is 377 g/mol. The number of halogens is 4. The lowest BCUT2D eigenvalue weighted by molar-refractivity contribution is 0.511. The lowest BCUT2D eigenvalue weighted by Crippen LogP contribution is -2.01. The van der Waals surface area contributed by atoms with Crippen molar-refractivity contribution in [2.24, 2.45) is 0 Å². The maximum Gasteiger partial charge on any atom is 0.313 e. The maximum absolute atomic E-state index is 14.2. The van der Waals surface area contributed by atoms with Crippen LogP contribution in [0.3, 0.4) is 0 Å². The molecule has 1 aromatic heterocycles. The molecule has 0 bridgehead atoms. The Hall–Kier alpha value is -2.55. The van der Waals surface area contributed by atoms with Crippen molar-refractivity contribution in [1.82, 2.24) is 10.2 Å². The number of hydrogen-bond donors (Lipinski definition) is 2. The Labute approximate surface area is 136 Å². The van der Waals surface area contributed by atoms with Gasteiger partial charge in [0.25, 0.3) is 5.89 Å². The van der Waals surface area contributed by atoms with E-state index in [1.165, 1.54) is 18.2 Å². The first-order valence-corrected chi connectivity index (χ1v) is 7.04. The first kappa shape index (κ1) is 15.3. The molecular formula is C14H8BrF3N4O.